The molecular weight excluding hydrogens is 397 g/mol. The highest BCUT2D eigenvalue weighted by molar-refractivity contribution is 6.04. The molecule has 0 unspecified atom stereocenters. The van der Waals surface area contributed by atoms with E-state index in [-0.39, 0.29) is 23.5 Å². The summed E-state index contributed by atoms with van der Waals surface area (Å²) >= 11 is 0. The fraction of sp³-hybridized carbons (Fsp3) is 0.304. The monoisotopic (exact) mass is 421 g/mol. The molecule has 0 saturated carbocycles. The van der Waals surface area contributed by atoms with E-state index in [4.69, 9.17) is 0 Å². The van der Waals surface area contributed by atoms with Crippen molar-refractivity contribution in [3.05, 3.63) is 77.6 Å². The Hall–Kier alpha value is -3.55. The molecule has 1 aliphatic heterocycles. The lowest BCUT2D eigenvalue weighted by Crippen LogP contribution is -2.40. The van der Waals surface area contributed by atoms with Gasteiger partial charge >= 0.3 is 0 Å². The first-order valence-corrected chi connectivity index (χ1v) is 10.4. The predicted octanol–water partition coefficient (Wildman–Crippen LogP) is 3.71. The van der Waals surface area contributed by atoms with Gasteiger partial charge in [-0.2, -0.15) is 5.10 Å². The van der Waals surface area contributed by atoms with Gasteiger partial charge in [-0.3, -0.25) is 19.3 Å². The van der Waals surface area contributed by atoms with Gasteiger partial charge in [0.15, 0.2) is 0 Å². The summed E-state index contributed by atoms with van der Waals surface area (Å²) in [6, 6.07) is 10.9. The second-order valence-corrected chi connectivity index (χ2v) is 7.56. The molecule has 0 spiro atoms. The van der Waals surface area contributed by atoms with E-state index in [2.05, 4.69) is 15.4 Å². The number of piperidine rings is 1. The van der Waals surface area contributed by atoms with Crippen LogP contribution in [0.2, 0.25) is 0 Å². The van der Waals surface area contributed by atoms with E-state index >= 15 is 0 Å². The lowest BCUT2D eigenvalue weighted by molar-refractivity contribution is 0.0693. The Morgan fingerprint density at radius 2 is 1.97 bits per heavy atom. The van der Waals surface area contributed by atoms with Crippen molar-refractivity contribution in [2.24, 2.45) is 0 Å². The number of carbonyl (C=O) groups excluding carboxylic acids is 2. The molecule has 1 atom stereocenters. The Labute approximate surface area is 179 Å². The molecule has 3 aromatic rings. The minimum absolute atomic E-state index is 0.0145. The third kappa shape index (κ3) is 4.63. The Balaban J connectivity index is 1.42. The van der Waals surface area contributed by atoms with E-state index in [1.807, 2.05) is 17.9 Å². The molecule has 1 fully saturated rings. The number of benzene rings is 1. The van der Waals surface area contributed by atoms with E-state index in [0.717, 1.165) is 18.5 Å². The van der Waals surface area contributed by atoms with Crippen molar-refractivity contribution in [1.29, 1.82) is 0 Å². The zero-order chi connectivity index (χ0) is 21.8. The number of aryl methyl sites for hydroxylation is 1. The van der Waals surface area contributed by atoms with E-state index in [1.165, 1.54) is 24.3 Å². The van der Waals surface area contributed by atoms with E-state index in [0.29, 0.717) is 36.6 Å². The first-order valence-electron chi connectivity index (χ1n) is 10.4. The molecule has 3 heterocycles. The summed E-state index contributed by atoms with van der Waals surface area (Å²) in [7, 11) is 0. The Morgan fingerprint density at radius 1 is 1.16 bits per heavy atom. The Bertz CT molecular complexity index is 1060. The Morgan fingerprint density at radius 3 is 2.68 bits per heavy atom. The summed E-state index contributed by atoms with van der Waals surface area (Å²) in [5.74, 6) is -0.564. The number of hydrogen-bond donors (Lipinski definition) is 1. The Kier molecular flexibility index (Phi) is 6.06. The van der Waals surface area contributed by atoms with Gasteiger partial charge in [0.05, 0.1) is 5.56 Å². The van der Waals surface area contributed by atoms with Gasteiger partial charge in [0.25, 0.3) is 11.8 Å². The molecule has 0 radical (unpaired) electrons. The number of likely N-dealkylation sites (tertiary alicyclic amines) is 1. The highest BCUT2D eigenvalue weighted by Crippen LogP contribution is 2.27. The van der Waals surface area contributed by atoms with Gasteiger partial charge in [-0.1, -0.05) is 0 Å². The number of nitrogens with zero attached hydrogens (tertiary/aromatic N) is 4. The molecule has 1 N–H and O–H groups in total. The second kappa shape index (κ2) is 9.07. The van der Waals surface area contributed by atoms with Crippen molar-refractivity contribution < 1.29 is 14.0 Å². The molecule has 2 aromatic heterocycles. The number of carbonyl (C=O) groups is 2. The first kappa shape index (κ1) is 20.7. The van der Waals surface area contributed by atoms with Gasteiger partial charge in [-0.25, -0.2) is 4.39 Å². The van der Waals surface area contributed by atoms with Gasteiger partial charge in [-0.15, -0.1) is 0 Å². The third-order valence-electron chi connectivity index (χ3n) is 5.51. The lowest BCUT2D eigenvalue weighted by atomic mass is 9.93. The highest BCUT2D eigenvalue weighted by atomic mass is 19.1. The van der Waals surface area contributed by atoms with Crippen LogP contribution in [0, 0.1) is 5.82 Å². The van der Waals surface area contributed by atoms with Crippen molar-refractivity contribution in [3.63, 3.8) is 0 Å². The zero-order valence-corrected chi connectivity index (χ0v) is 17.3. The van der Waals surface area contributed by atoms with Crippen molar-refractivity contribution in [3.8, 4) is 0 Å². The largest absolute Gasteiger partial charge is 0.337 e. The van der Waals surface area contributed by atoms with Crippen LogP contribution in [0.5, 0.6) is 0 Å². The maximum Gasteiger partial charge on any atom is 0.272 e. The maximum absolute atomic E-state index is 13.0. The standard InChI is InChI=1S/C23H24FN5O2/c1-2-29-21(11-12-26-29)23(31)28-13-3-4-17(15-28)20-10-5-16(14-25-20)22(30)27-19-8-6-18(24)7-9-19/h5-12,14,17H,2-4,13,15H2,1H3,(H,27,30)/t17-/m1/s1. The topological polar surface area (TPSA) is 80.1 Å². The summed E-state index contributed by atoms with van der Waals surface area (Å²) in [6.45, 7) is 3.90. The number of nitrogens with one attached hydrogen (secondary N) is 1. The average molecular weight is 421 g/mol. The summed E-state index contributed by atoms with van der Waals surface area (Å²) in [5, 5.41) is 6.91. The van der Waals surface area contributed by atoms with Gasteiger partial charge in [-0.05, 0) is 62.2 Å². The zero-order valence-electron chi connectivity index (χ0n) is 17.3. The summed E-state index contributed by atoms with van der Waals surface area (Å²) < 4.78 is 14.7. The summed E-state index contributed by atoms with van der Waals surface area (Å²) in [5.41, 5.74) is 2.40. The number of aromatic nitrogens is 3. The normalized spacial score (nSPS) is 16.2. The van der Waals surface area contributed by atoms with Crippen LogP contribution in [-0.2, 0) is 6.54 Å². The highest BCUT2D eigenvalue weighted by Gasteiger charge is 2.27. The molecule has 8 heteroatoms. The average Bonchev–Trinajstić information content (AvgIpc) is 3.29. The molecule has 160 valence electrons. The smallest absolute Gasteiger partial charge is 0.272 e. The first-order chi connectivity index (χ1) is 15.0. The van der Waals surface area contributed by atoms with Gasteiger partial charge < -0.3 is 10.2 Å². The van der Waals surface area contributed by atoms with Gasteiger partial charge in [0.2, 0.25) is 0 Å². The second-order valence-electron chi connectivity index (χ2n) is 7.56. The minimum atomic E-state index is -0.358. The van der Waals surface area contributed by atoms with Crippen LogP contribution in [-0.4, -0.2) is 44.6 Å². The molecule has 1 saturated heterocycles. The van der Waals surface area contributed by atoms with Crippen LogP contribution >= 0.6 is 0 Å². The molecule has 0 bridgehead atoms. The predicted molar refractivity (Wildman–Crippen MR) is 114 cm³/mol. The maximum atomic E-state index is 13.0. The fourth-order valence-electron chi connectivity index (χ4n) is 3.85. The van der Waals surface area contributed by atoms with Gasteiger partial charge in [0, 0.05) is 49.3 Å². The number of anilines is 1. The van der Waals surface area contributed by atoms with Crippen LogP contribution < -0.4 is 5.32 Å². The van der Waals surface area contributed by atoms with Crippen molar-refractivity contribution >= 4 is 17.5 Å². The van der Waals surface area contributed by atoms with Crippen LogP contribution in [0.1, 0.15) is 52.2 Å². The quantitative estimate of drug-likeness (QED) is 0.681. The number of rotatable bonds is 5. The van der Waals surface area contributed by atoms with E-state index < -0.39 is 0 Å². The molecular formula is C23H24FN5O2. The van der Waals surface area contributed by atoms with E-state index in [1.54, 1.807) is 29.2 Å². The van der Waals surface area contributed by atoms with Crippen LogP contribution in [0.3, 0.4) is 0 Å². The summed E-state index contributed by atoms with van der Waals surface area (Å²) in [4.78, 5) is 31.7. The molecule has 2 amide bonds. The molecule has 1 aromatic carbocycles. The number of amides is 2. The molecule has 1 aliphatic rings. The fourth-order valence-corrected chi connectivity index (χ4v) is 3.85. The van der Waals surface area contributed by atoms with Crippen molar-refractivity contribution in [1.82, 2.24) is 19.7 Å². The van der Waals surface area contributed by atoms with Crippen LogP contribution in [0.15, 0.2) is 54.9 Å². The molecule has 0 aliphatic carbocycles. The van der Waals surface area contributed by atoms with E-state index in [9.17, 15) is 14.0 Å². The number of hydrogen-bond acceptors (Lipinski definition) is 4. The summed E-state index contributed by atoms with van der Waals surface area (Å²) in [6.07, 6.45) is 5.02. The molecule has 4 rings (SSSR count). The SMILES string of the molecule is CCn1nccc1C(=O)N1CCC[C@@H](c2ccc(C(=O)Nc3ccc(F)cc3)cn2)C1. The van der Waals surface area contributed by atoms with Crippen LogP contribution in [0.25, 0.3) is 0 Å². The van der Waals surface area contributed by atoms with Crippen molar-refractivity contribution in [2.75, 3.05) is 18.4 Å². The minimum Gasteiger partial charge on any atom is -0.337 e. The van der Waals surface area contributed by atoms with Crippen molar-refractivity contribution in [2.45, 2.75) is 32.2 Å². The lowest BCUT2D eigenvalue weighted by Gasteiger charge is -2.32. The van der Waals surface area contributed by atoms with Gasteiger partial charge in [0.1, 0.15) is 11.5 Å². The number of pyridine rings is 1. The molecule has 31 heavy (non-hydrogen) atoms. The van der Waals surface area contributed by atoms with Crippen LogP contribution in [0.4, 0.5) is 10.1 Å². The number of halogens is 1. The molecule has 7 nitrogen and oxygen atoms in total. The third-order valence-corrected chi connectivity index (χ3v) is 5.51.